The van der Waals surface area contributed by atoms with Crippen LogP contribution in [0.1, 0.15) is 43.7 Å². The third-order valence-electron chi connectivity index (χ3n) is 4.73. The number of piperazine rings is 1. The summed E-state index contributed by atoms with van der Waals surface area (Å²) in [5.74, 6) is 0.782. The van der Waals surface area contributed by atoms with Crippen molar-refractivity contribution in [3.8, 4) is 0 Å². The summed E-state index contributed by atoms with van der Waals surface area (Å²) < 4.78 is 0. The Morgan fingerprint density at radius 3 is 2.36 bits per heavy atom. The fraction of sp³-hybridized carbons (Fsp3) is 0.688. The van der Waals surface area contributed by atoms with Crippen LogP contribution in [0, 0.1) is 5.92 Å². The van der Waals surface area contributed by atoms with E-state index in [1.165, 1.54) is 37.7 Å². The highest BCUT2D eigenvalue weighted by Gasteiger charge is 2.30. The number of rotatable bonds is 3. The van der Waals surface area contributed by atoms with Crippen molar-refractivity contribution in [2.45, 2.75) is 38.1 Å². The molecule has 0 unspecified atom stereocenters. The lowest BCUT2D eigenvalue weighted by molar-refractivity contribution is 0.103. The van der Waals surface area contributed by atoms with Crippen molar-refractivity contribution in [1.29, 1.82) is 0 Å². The van der Waals surface area contributed by atoms with Crippen molar-refractivity contribution in [3.63, 3.8) is 0 Å². The van der Waals surface area contributed by atoms with Crippen molar-refractivity contribution < 1.29 is 0 Å². The molecule has 1 aliphatic heterocycles. The Bertz CT molecular complexity index is 397. The van der Waals surface area contributed by atoms with E-state index in [4.69, 9.17) is 11.6 Å². The molecule has 1 saturated carbocycles. The van der Waals surface area contributed by atoms with Gasteiger partial charge >= 0.3 is 0 Å². The molecule has 1 saturated heterocycles. The standard InChI is InChI=1S/C16H24ClN3.2ClH/c17-15-7-6-14(12-19-15)16(13-4-2-1-3-5-13)20-10-8-18-9-11-20;;/h6-7,12-13,16,18H,1-5,8-11H2;2*1H/t16-;;/m0../s1. The van der Waals surface area contributed by atoms with Crippen LogP contribution in [0.25, 0.3) is 0 Å². The molecule has 1 aromatic heterocycles. The molecule has 126 valence electrons. The summed E-state index contributed by atoms with van der Waals surface area (Å²) in [6.45, 7) is 4.49. The number of pyridine rings is 1. The first-order valence-corrected chi connectivity index (χ1v) is 8.28. The normalized spacial score (nSPS) is 21.5. The van der Waals surface area contributed by atoms with Crippen LogP contribution in [0.3, 0.4) is 0 Å². The summed E-state index contributed by atoms with van der Waals surface area (Å²) >= 11 is 5.95. The molecule has 0 aromatic carbocycles. The summed E-state index contributed by atoms with van der Waals surface area (Å²) in [4.78, 5) is 6.96. The smallest absolute Gasteiger partial charge is 0.129 e. The topological polar surface area (TPSA) is 28.2 Å². The Labute approximate surface area is 151 Å². The molecule has 0 bridgehead atoms. The van der Waals surface area contributed by atoms with Crippen LogP contribution >= 0.6 is 36.4 Å². The summed E-state index contributed by atoms with van der Waals surface area (Å²) in [6, 6.07) is 4.65. The van der Waals surface area contributed by atoms with E-state index in [-0.39, 0.29) is 24.8 Å². The van der Waals surface area contributed by atoms with E-state index in [9.17, 15) is 0 Å². The minimum absolute atomic E-state index is 0. The number of aromatic nitrogens is 1. The molecule has 2 heterocycles. The second-order valence-corrected chi connectivity index (χ2v) is 6.43. The number of halogens is 3. The van der Waals surface area contributed by atoms with Gasteiger partial charge in [0.2, 0.25) is 0 Å². The predicted octanol–water partition coefficient (Wildman–Crippen LogP) is 4.11. The van der Waals surface area contributed by atoms with Crippen LogP contribution in [0.2, 0.25) is 5.15 Å². The Kier molecular flexibility index (Phi) is 9.03. The van der Waals surface area contributed by atoms with Gasteiger partial charge in [-0.2, -0.15) is 0 Å². The summed E-state index contributed by atoms with van der Waals surface area (Å²) in [5.41, 5.74) is 1.35. The largest absolute Gasteiger partial charge is 0.314 e. The van der Waals surface area contributed by atoms with E-state index in [0.717, 1.165) is 32.1 Å². The third kappa shape index (κ3) is 4.97. The van der Waals surface area contributed by atoms with Crippen LogP contribution in [0.5, 0.6) is 0 Å². The molecule has 0 spiro atoms. The second-order valence-electron chi connectivity index (χ2n) is 6.04. The Morgan fingerprint density at radius 2 is 1.77 bits per heavy atom. The van der Waals surface area contributed by atoms with E-state index >= 15 is 0 Å². The van der Waals surface area contributed by atoms with Gasteiger partial charge in [-0.3, -0.25) is 4.90 Å². The maximum atomic E-state index is 5.95. The van der Waals surface area contributed by atoms with Gasteiger partial charge < -0.3 is 5.32 Å². The Balaban J connectivity index is 0.00000121. The van der Waals surface area contributed by atoms with Crippen molar-refractivity contribution in [2.75, 3.05) is 26.2 Å². The molecule has 2 fully saturated rings. The first kappa shape index (κ1) is 20.0. The van der Waals surface area contributed by atoms with Crippen LogP contribution in [-0.2, 0) is 0 Å². The molecule has 22 heavy (non-hydrogen) atoms. The van der Waals surface area contributed by atoms with Crippen molar-refractivity contribution in [1.82, 2.24) is 15.2 Å². The van der Waals surface area contributed by atoms with Crippen molar-refractivity contribution >= 4 is 36.4 Å². The zero-order valence-corrected chi connectivity index (χ0v) is 15.2. The zero-order valence-electron chi connectivity index (χ0n) is 12.8. The molecular weight excluding hydrogens is 341 g/mol. The second kappa shape index (κ2) is 9.94. The lowest BCUT2D eigenvalue weighted by Crippen LogP contribution is -2.47. The monoisotopic (exact) mass is 365 g/mol. The number of nitrogens with one attached hydrogen (secondary N) is 1. The van der Waals surface area contributed by atoms with Gasteiger partial charge in [0.15, 0.2) is 0 Å². The molecule has 3 rings (SSSR count). The van der Waals surface area contributed by atoms with Gasteiger partial charge in [0.25, 0.3) is 0 Å². The average Bonchev–Trinajstić information content (AvgIpc) is 2.52. The molecule has 2 aliphatic rings. The maximum Gasteiger partial charge on any atom is 0.129 e. The minimum atomic E-state index is 0. The van der Waals surface area contributed by atoms with Crippen LogP contribution in [0.4, 0.5) is 0 Å². The zero-order chi connectivity index (χ0) is 13.8. The van der Waals surface area contributed by atoms with Crippen LogP contribution in [0.15, 0.2) is 18.3 Å². The highest BCUT2D eigenvalue weighted by molar-refractivity contribution is 6.29. The average molecular weight is 367 g/mol. The van der Waals surface area contributed by atoms with Crippen LogP contribution < -0.4 is 5.32 Å². The summed E-state index contributed by atoms with van der Waals surface area (Å²) in [5, 5.41) is 4.05. The molecule has 0 radical (unpaired) electrons. The van der Waals surface area contributed by atoms with Gasteiger partial charge in [-0.05, 0) is 30.4 Å². The predicted molar refractivity (Wildman–Crippen MR) is 97.5 cm³/mol. The van der Waals surface area contributed by atoms with Gasteiger partial charge in [-0.25, -0.2) is 4.98 Å². The fourth-order valence-corrected chi connectivity index (χ4v) is 3.87. The van der Waals surface area contributed by atoms with E-state index in [1.807, 2.05) is 12.3 Å². The van der Waals surface area contributed by atoms with Crippen LogP contribution in [-0.4, -0.2) is 36.1 Å². The molecular formula is C16H26Cl3N3. The molecule has 1 aliphatic carbocycles. The van der Waals surface area contributed by atoms with E-state index in [1.54, 1.807) is 0 Å². The quantitative estimate of drug-likeness (QED) is 0.816. The van der Waals surface area contributed by atoms with Gasteiger partial charge in [0.1, 0.15) is 5.15 Å². The lowest BCUT2D eigenvalue weighted by atomic mass is 9.80. The molecule has 1 aromatic rings. The molecule has 1 N–H and O–H groups in total. The first-order chi connectivity index (χ1) is 9.84. The van der Waals surface area contributed by atoms with E-state index < -0.39 is 0 Å². The molecule has 6 heteroatoms. The highest BCUT2D eigenvalue weighted by atomic mass is 35.5. The first-order valence-electron chi connectivity index (χ1n) is 7.91. The Morgan fingerprint density at radius 1 is 1.09 bits per heavy atom. The lowest BCUT2D eigenvalue weighted by Gasteiger charge is -2.41. The van der Waals surface area contributed by atoms with Gasteiger partial charge in [0, 0.05) is 38.4 Å². The number of nitrogens with zero attached hydrogens (tertiary/aromatic N) is 2. The van der Waals surface area contributed by atoms with E-state index in [2.05, 4.69) is 21.3 Å². The molecule has 3 nitrogen and oxygen atoms in total. The SMILES string of the molecule is Cl.Cl.Clc1ccc([C@H](C2CCCCC2)N2CCNCC2)cn1. The number of hydrogen-bond acceptors (Lipinski definition) is 3. The van der Waals surface area contributed by atoms with E-state index in [0.29, 0.717) is 11.2 Å². The van der Waals surface area contributed by atoms with Gasteiger partial charge in [0.05, 0.1) is 0 Å². The third-order valence-corrected chi connectivity index (χ3v) is 4.96. The summed E-state index contributed by atoms with van der Waals surface area (Å²) in [7, 11) is 0. The Hall–Kier alpha value is -0.0600. The molecule has 0 amide bonds. The fourth-order valence-electron chi connectivity index (χ4n) is 3.75. The molecule has 1 atom stereocenters. The van der Waals surface area contributed by atoms with Gasteiger partial charge in [-0.1, -0.05) is 36.9 Å². The summed E-state index contributed by atoms with van der Waals surface area (Å²) in [6.07, 6.45) is 8.88. The minimum Gasteiger partial charge on any atom is -0.314 e. The maximum absolute atomic E-state index is 5.95. The van der Waals surface area contributed by atoms with Crippen molar-refractivity contribution in [3.05, 3.63) is 29.0 Å². The number of hydrogen-bond donors (Lipinski definition) is 1. The van der Waals surface area contributed by atoms with Gasteiger partial charge in [-0.15, -0.1) is 24.8 Å². The highest BCUT2D eigenvalue weighted by Crippen LogP contribution is 2.38. The van der Waals surface area contributed by atoms with Crippen molar-refractivity contribution in [2.24, 2.45) is 5.92 Å².